The van der Waals surface area contributed by atoms with Crippen molar-refractivity contribution in [2.24, 2.45) is 0 Å². The summed E-state index contributed by atoms with van der Waals surface area (Å²) in [7, 11) is 3.08. The van der Waals surface area contributed by atoms with Crippen LogP contribution < -0.4 is 14.8 Å². The normalized spacial score (nSPS) is 10.6. The minimum absolute atomic E-state index is 0.323. The average molecular weight is 388 g/mol. The summed E-state index contributed by atoms with van der Waals surface area (Å²) >= 11 is 0. The van der Waals surface area contributed by atoms with Gasteiger partial charge in [0.1, 0.15) is 11.6 Å². The Labute approximate surface area is 159 Å². The number of methoxy groups -OCH3 is 2. The standard InChI is InChI=1S/C19H18F2N4O3/c1-11-8-23-25(10-12-4-5-15(27-2)16(6-12)28-3)18(11)24-19(26)17-14(21)7-13(20)9-22-17/h4-9H,10H2,1-3H3,(H,24,26). The van der Waals surface area contributed by atoms with Crippen molar-refractivity contribution in [3.8, 4) is 11.5 Å². The van der Waals surface area contributed by atoms with E-state index < -0.39 is 23.2 Å². The highest BCUT2D eigenvalue weighted by Crippen LogP contribution is 2.28. The fourth-order valence-corrected chi connectivity index (χ4v) is 2.66. The molecule has 2 aromatic heterocycles. The molecule has 146 valence electrons. The molecule has 0 saturated heterocycles. The fourth-order valence-electron chi connectivity index (χ4n) is 2.66. The van der Waals surface area contributed by atoms with Gasteiger partial charge in [-0.2, -0.15) is 5.10 Å². The third-order valence-corrected chi connectivity index (χ3v) is 4.06. The van der Waals surface area contributed by atoms with Crippen LogP contribution in [0.25, 0.3) is 0 Å². The van der Waals surface area contributed by atoms with Gasteiger partial charge >= 0.3 is 0 Å². The molecule has 7 nitrogen and oxygen atoms in total. The highest BCUT2D eigenvalue weighted by Gasteiger charge is 2.18. The number of hydrogen-bond donors (Lipinski definition) is 1. The maximum Gasteiger partial charge on any atom is 0.278 e. The van der Waals surface area contributed by atoms with Crippen molar-refractivity contribution in [2.45, 2.75) is 13.5 Å². The third kappa shape index (κ3) is 3.93. The monoisotopic (exact) mass is 388 g/mol. The summed E-state index contributed by atoms with van der Waals surface area (Å²) < 4.78 is 38.9. The van der Waals surface area contributed by atoms with Crippen molar-refractivity contribution in [1.29, 1.82) is 0 Å². The number of carbonyl (C=O) groups is 1. The van der Waals surface area contributed by atoms with Crippen molar-refractivity contribution in [3.63, 3.8) is 0 Å². The molecule has 9 heteroatoms. The van der Waals surface area contributed by atoms with Crippen LogP contribution in [0, 0.1) is 18.6 Å². The molecular weight excluding hydrogens is 370 g/mol. The number of benzene rings is 1. The van der Waals surface area contributed by atoms with E-state index in [1.54, 1.807) is 37.0 Å². The first-order valence-corrected chi connectivity index (χ1v) is 8.28. The number of amides is 1. The van der Waals surface area contributed by atoms with Crippen molar-refractivity contribution < 1.29 is 23.0 Å². The minimum Gasteiger partial charge on any atom is -0.493 e. The Bertz CT molecular complexity index is 1020. The van der Waals surface area contributed by atoms with E-state index in [0.717, 1.165) is 11.8 Å². The highest BCUT2D eigenvalue weighted by atomic mass is 19.1. The predicted octanol–water partition coefficient (Wildman–Crippen LogP) is 3.18. The molecule has 3 rings (SSSR count). The Kier molecular flexibility index (Phi) is 5.53. The molecule has 1 aromatic carbocycles. The average Bonchev–Trinajstić information content (AvgIpc) is 3.01. The van der Waals surface area contributed by atoms with Crippen LogP contribution in [-0.2, 0) is 6.54 Å². The maximum absolute atomic E-state index is 13.8. The molecule has 1 N–H and O–H groups in total. The van der Waals surface area contributed by atoms with E-state index in [2.05, 4.69) is 15.4 Å². The molecule has 0 aliphatic heterocycles. The first-order valence-electron chi connectivity index (χ1n) is 8.28. The number of aromatic nitrogens is 3. The number of halogens is 2. The van der Waals surface area contributed by atoms with Crippen molar-refractivity contribution in [1.82, 2.24) is 14.8 Å². The van der Waals surface area contributed by atoms with Crippen LogP contribution in [0.15, 0.2) is 36.7 Å². The molecule has 28 heavy (non-hydrogen) atoms. The van der Waals surface area contributed by atoms with Gasteiger partial charge in [-0.15, -0.1) is 0 Å². The van der Waals surface area contributed by atoms with Crippen molar-refractivity contribution >= 4 is 11.7 Å². The summed E-state index contributed by atoms with van der Waals surface area (Å²) in [6, 6.07) is 6.00. The van der Waals surface area contributed by atoms with E-state index in [4.69, 9.17) is 9.47 Å². The van der Waals surface area contributed by atoms with Crippen LogP contribution in [0.3, 0.4) is 0 Å². The SMILES string of the molecule is COc1ccc(Cn2ncc(C)c2NC(=O)c2ncc(F)cc2F)cc1OC. The number of aryl methyl sites for hydroxylation is 1. The smallest absolute Gasteiger partial charge is 0.278 e. The number of nitrogens with one attached hydrogen (secondary N) is 1. The lowest BCUT2D eigenvalue weighted by Crippen LogP contribution is -2.19. The van der Waals surface area contributed by atoms with Gasteiger partial charge in [0.05, 0.1) is 33.2 Å². The van der Waals surface area contributed by atoms with E-state index >= 15 is 0 Å². The van der Waals surface area contributed by atoms with E-state index in [1.807, 2.05) is 6.07 Å². The second-order valence-corrected chi connectivity index (χ2v) is 5.96. The molecule has 0 aliphatic rings. The number of pyridine rings is 1. The lowest BCUT2D eigenvalue weighted by molar-refractivity contribution is 0.101. The van der Waals surface area contributed by atoms with Gasteiger partial charge in [0.2, 0.25) is 0 Å². The number of hydrogen-bond acceptors (Lipinski definition) is 5. The van der Waals surface area contributed by atoms with Crippen LogP contribution in [-0.4, -0.2) is 34.9 Å². The zero-order valence-corrected chi connectivity index (χ0v) is 15.5. The molecule has 3 aromatic rings. The van der Waals surface area contributed by atoms with E-state index in [9.17, 15) is 13.6 Å². The molecule has 1 amide bonds. The Hall–Kier alpha value is -3.49. The van der Waals surface area contributed by atoms with Crippen LogP contribution in [0.1, 0.15) is 21.6 Å². The quantitative estimate of drug-likeness (QED) is 0.702. The number of anilines is 1. The number of rotatable bonds is 6. The van der Waals surface area contributed by atoms with Crippen LogP contribution >= 0.6 is 0 Å². The van der Waals surface area contributed by atoms with Crippen molar-refractivity contribution in [2.75, 3.05) is 19.5 Å². The second-order valence-electron chi connectivity index (χ2n) is 5.96. The van der Waals surface area contributed by atoms with Crippen molar-refractivity contribution in [3.05, 3.63) is 65.1 Å². The molecule has 2 heterocycles. The summed E-state index contributed by atoms with van der Waals surface area (Å²) in [6.07, 6.45) is 2.36. The lowest BCUT2D eigenvalue weighted by atomic mass is 10.2. The van der Waals surface area contributed by atoms with E-state index in [-0.39, 0.29) is 0 Å². The van der Waals surface area contributed by atoms with E-state index in [1.165, 1.54) is 7.11 Å². The summed E-state index contributed by atoms with van der Waals surface area (Å²) in [4.78, 5) is 15.9. The maximum atomic E-state index is 13.8. The van der Waals surface area contributed by atoms with Gasteiger partial charge in [-0.1, -0.05) is 6.07 Å². The largest absolute Gasteiger partial charge is 0.493 e. The molecule has 0 radical (unpaired) electrons. The minimum atomic E-state index is -1.04. The molecule has 0 spiro atoms. The van der Waals surface area contributed by atoms with Crippen LogP contribution in [0.2, 0.25) is 0 Å². The molecule has 0 aliphatic carbocycles. The fraction of sp³-hybridized carbons (Fsp3) is 0.211. The summed E-state index contributed by atoms with van der Waals surface area (Å²) in [5.41, 5.74) is 1.03. The van der Waals surface area contributed by atoms with Gasteiger partial charge in [-0.25, -0.2) is 18.4 Å². The zero-order chi connectivity index (χ0) is 20.3. The third-order valence-electron chi connectivity index (χ3n) is 4.06. The van der Waals surface area contributed by atoms with Gasteiger partial charge in [-0.3, -0.25) is 4.79 Å². The van der Waals surface area contributed by atoms with Gasteiger partial charge in [0, 0.05) is 11.6 Å². The number of carbonyl (C=O) groups excluding carboxylic acids is 1. The number of nitrogens with zero attached hydrogens (tertiary/aromatic N) is 3. The summed E-state index contributed by atoms with van der Waals surface area (Å²) in [6.45, 7) is 2.07. The van der Waals surface area contributed by atoms with E-state index in [0.29, 0.717) is 35.5 Å². The Morgan fingerprint density at radius 1 is 1.14 bits per heavy atom. The topological polar surface area (TPSA) is 78.3 Å². The van der Waals surface area contributed by atoms with Gasteiger partial charge in [0.25, 0.3) is 5.91 Å². The molecular formula is C19H18F2N4O3. The van der Waals surface area contributed by atoms with Gasteiger partial charge in [0.15, 0.2) is 23.0 Å². The first kappa shape index (κ1) is 19.3. The van der Waals surface area contributed by atoms with Gasteiger partial charge < -0.3 is 14.8 Å². The Morgan fingerprint density at radius 2 is 1.89 bits per heavy atom. The molecule has 0 fully saturated rings. The van der Waals surface area contributed by atoms with Crippen LogP contribution in [0.5, 0.6) is 11.5 Å². The summed E-state index contributed by atoms with van der Waals surface area (Å²) in [5.74, 6) is -1.16. The molecule has 0 saturated carbocycles. The predicted molar refractivity (Wildman–Crippen MR) is 97.7 cm³/mol. The molecule has 0 unspecified atom stereocenters. The van der Waals surface area contributed by atoms with Crippen LogP contribution in [0.4, 0.5) is 14.6 Å². The summed E-state index contributed by atoms with van der Waals surface area (Å²) in [5, 5.41) is 6.84. The molecule has 0 bridgehead atoms. The Balaban J connectivity index is 1.85. The number of ether oxygens (including phenoxy) is 2. The highest BCUT2D eigenvalue weighted by molar-refractivity contribution is 6.02. The Morgan fingerprint density at radius 3 is 2.57 bits per heavy atom. The first-order chi connectivity index (χ1) is 13.4. The van der Waals surface area contributed by atoms with Gasteiger partial charge in [-0.05, 0) is 24.6 Å². The zero-order valence-electron chi connectivity index (χ0n) is 15.5. The lowest BCUT2D eigenvalue weighted by Gasteiger charge is -2.12. The second kappa shape index (κ2) is 8.03. The molecule has 0 atom stereocenters.